The van der Waals surface area contributed by atoms with Crippen LogP contribution in [-0.4, -0.2) is 36.6 Å². The van der Waals surface area contributed by atoms with Gasteiger partial charge in [0.1, 0.15) is 11.8 Å². The van der Waals surface area contributed by atoms with Gasteiger partial charge >= 0.3 is 0 Å². The summed E-state index contributed by atoms with van der Waals surface area (Å²) >= 11 is 3.80. The standard InChI is InChI=1S/C12H13N5OS2/c1-6-7(2)20-10(5-19-6)11-15-12(18-17-11)8-4-14-16-9(8)3-13/h4,6-7,10H,5H2,1-2H3,(H,14,16). The number of aromatic amines is 1. The van der Waals surface area contributed by atoms with Gasteiger partial charge in [0, 0.05) is 16.3 Å². The second kappa shape index (κ2) is 5.50. The molecule has 0 saturated carbocycles. The number of aromatic nitrogens is 4. The van der Waals surface area contributed by atoms with E-state index < -0.39 is 0 Å². The molecule has 8 heteroatoms. The molecule has 3 atom stereocenters. The zero-order valence-corrected chi connectivity index (χ0v) is 12.7. The van der Waals surface area contributed by atoms with E-state index in [4.69, 9.17) is 9.78 Å². The molecule has 3 unspecified atom stereocenters. The SMILES string of the molecule is CC1SCC(c2noc(-c3cn[nH]c3C#N)n2)SC1C. The zero-order chi connectivity index (χ0) is 14.1. The molecule has 3 rings (SSSR count). The van der Waals surface area contributed by atoms with Crippen LogP contribution < -0.4 is 0 Å². The summed E-state index contributed by atoms with van der Waals surface area (Å²) in [5, 5.41) is 20.9. The van der Waals surface area contributed by atoms with E-state index in [1.807, 2.05) is 29.6 Å². The Morgan fingerprint density at radius 2 is 2.30 bits per heavy atom. The van der Waals surface area contributed by atoms with Crippen molar-refractivity contribution in [3.8, 4) is 17.5 Å². The van der Waals surface area contributed by atoms with Crippen LogP contribution in [0.4, 0.5) is 0 Å². The fourth-order valence-electron chi connectivity index (χ4n) is 1.93. The van der Waals surface area contributed by atoms with E-state index in [9.17, 15) is 0 Å². The van der Waals surface area contributed by atoms with Gasteiger partial charge in [-0.05, 0) is 0 Å². The Morgan fingerprint density at radius 3 is 3.05 bits per heavy atom. The number of nitrogens with zero attached hydrogens (tertiary/aromatic N) is 4. The first kappa shape index (κ1) is 13.5. The van der Waals surface area contributed by atoms with E-state index in [1.54, 1.807) is 0 Å². The van der Waals surface area contributed by atoms with Gasteiger partial charge in [0.25, 0.3) is 5.89 Å². The lowest BCUT2D eigenvalue weighted by atomic mass is 10.2. The first-order chi connectivity index (χ1) is 9.69. The lowest BCUT2D eigenvalue weighted by molar-refractivity contribution is 0.423. The average molecular weight is 307 g/mol. The second-order valence-corrected chi connectivity index (χ2v) is 7.59. The molecule has 2 aromatic heterocycles. The van der Waals surface area contributed by atoms with Crippen molar-refractivity contribution in [1.29, 1.82) is 5.26 Å². The van der Waals surface area contributed by atoms with Crippen LogP contribution in [0.5, 0.6) is 0 Å². The van der Waals surface area contributed by atoms with Crippen molar-refractivity contribution in [3.05, 3.63) is 17.7 Å². The van der Waals surface area contributed by atoms with E-state index in [2.05, 4.69) is 34.2 Å². The van der Waals surface area contributed by atoms with E-state index in [0.717, 1.165) is 5.75 Å². The first-order valence-electron chi connectivity index (χ1n) is 6.23. The van der Waals surface area contributed by atoms with Crippen molar-refractivity contribution in [3.63, 3.8) is 0 Å². The van der Waals surface area contributed by atoms with E-state index in [-0.39, 0.29) is 5.25 Å². The molecule has 0 aliphatic carbocycles. The van der Waals surface area contributed by atoms with Crippen LogP contribution >= 0.6 is 23.5 Å². The number of hydrogen-bond acceptors (Lipinski definition) is 7. The van der Waals surface area contributed by atoms with Crippen molar-refractivity contribution >= 4 is 23.5 Å². The van der Waals surface area contributed by atoms with Crippen molar-refractivity contribution in [1.82, 2.24) is 20.3 Å². The molecule has 20 heavy (non-hydrogen) atoms. The maximum absolute atomic E-state index is 8.97. The average Bonchev–Trinajstić information content (AvgIpc) is 3.09. The van der Waals surface area contributed by atoms with Crippen LogP contribution in [0.25, 0.3) is 11.5 Å². The number of hydrogen-bond donors (Lipinski definition) is 1. The number of H-pyrrole nitrogens is 1. The van der Waals surface area contributed by atoms with Crippen LogP contribution in [0.3, 0.4) is 0 Å². The third-order valence-electron chi connectivity index (χ3n) is 3.26. The maximum Gasteiger partial charge on any atom is 0.262 e. The Bertz CT molecular complexity index is 646. The van der Waals surface area contributed by atoms with Crippen molar-refractivity contribution in [2.45, 2.75) is 29.6 Å². The number of rotatable bonds is 2. The number of nitrogens with one attached hydrogen (secondary N) is 1. The highest BCUT2D eigenvalue weighted by Crippen LogP contribution is 2.43. The summed E-state index contributed by atoms with van der Waals surface area (Å²) in [5.74, 6) is 2.02. The van der Waals surface area contributed by atoms with Crippen LogP contribution in [0.2, 0.25) is 0 Å². The van der Waals surface area contributed by atoms with Crippen LogP contribution in [-0.2, 0) is 0 Å². The molecule has 1 aliphatic heterocycles. The van der Waals surface area contributed by atoms with E-state index >= 15 is 0 Å². The van der Waals surface area contributed by atoms with Gasteiger partial charge in [-0.1, -0.05) is 19.0 Å². The third-order valence-corrected chi connectivity index (χ3v) is 6.65. The van der Waals surface area contributed by atoms with Gasteiger partial charge in [0.2, 0.25) is 0 Å². The smallest absolute Gasteiger partial charge is 0.262 e. The monoisotopic (exact) mass is 307 g/mol. The van der Waals surface area contributed by atoms with E-state index in [0.29, 0.717) is 33.5 Å². The highest BCUT2D eigenvalue weighted by molar-refractivity contribution is 8.07. The quantitative estimate of drug-likeness (QED) is 0.911. The zero-order valence-electron chi connectivity index (χ0n) is 11.0. The van der Waals surface area contributed by atoms with Gasteiger partial charge in [-0.15, -0.1) is 11.8 Å². The van der Waals surface area contributed by atoms with Gasteiger partial charge < -0.3 is 4.52 Å². The van der Waals surface area contributed by atoms with Crippen molar-refractivity contribution in [2.24, 2.45) is 0 Å². The molecule has 0 amide bonds. The third kappa shape index (κ3) is 2.43. The summed E-state index contributed by atoms with van der Waals surface area (Å²) < 4.78 is 5.27. The predicted molar refractivity (Wildman–Crippen MR) is 78.3 cm³/mol. The highest BCUT2D eigenvalue weighted by Gasteiger charge is 2.30. The molecule has 0 aromatic carbocycles. The Labute approximate surface area is 124 Å². The first-order valence-corrected chi connectivity index (χ1v) is 8.22. The van der Waals surface area contributed by atoms with Crippen LogP contribution in [0.15, 0.2) is 10.7 Å². The van der Waals surface area contributed by atoms with E-state index in [1.165, 1.54) is 6.20 Å². The predicted octanol–water partition coefficient (Wildman–Crippen LogP) is 2.63. The molecule has 104 valence electrons. The molecule has 0 bridgehead atoms. The van der Waals surface area contributed by atoms with Gasteiger partial charge in [-0.2, -0.15) is 27.1 Å². The van der Waals surface area contributed by atoms with Gasteiger partial charge in [0.05, 0.1) is 17.0 Å². The molecule has 1 N–H and O–H groups in total. The van der Waals surface area contributed by atoms with Crippen molar-refractivity contribution in [2.75, 3.05) is 5.75 Å². The molecular weight excluding hydrogens is 294 g/mol. The van der Waals surface area contributed by atoms with Crippen molar-refractivity contribution < 1.29 is 4.52 Å². The summed E-state index contributed by atoms with van der Waals surface area (Å²) in [4.78, 5) is 4.42. The fourth-order valence-corrected chi connectivity index (χ4v) is 4.76. The number of nitriles is 1. The largest absolute Gasteiger partial charge is 0.334 e. The molecule has 0 radical (unpaired) electrons. The summed E-state index contributed by atoms with van der Waals surface area (Å²) in [7, 11) is 0. The Morgan fingerprint density at radius 1 is 1.45 bits per heavy atom. The van der Waals surface area contributed by atoms with Gasteiger partial charge in [0.15, 0.2) is 5.82 Å². The van der Waals surface area contributed by atoms with Gasteiger partial charge in [-0.25, -0.2) is 0 Å². The fraction of sp³-hybridized carbons (Fsp3) is 0.500. The lowest BCUT2D eigenvalue weighted by Crippen LogP contribution is -2.22. The number of thioether (sulfide) groups is 2. The highest BCUT2D eigenvalue weighted by atomic mass is 32.2. The normalized spacial score (nSPS) is 26.4. The topological polar surface area (TPSA) is 91.4 Å². The summed E-state index contributed by atoms with van der Waals surface area (Å²) in [6, 6.07) is 2.02. The molecule has 3 heterocycles. The molecule has 2 aromatic rings. The minimum absolute atomic E-state index is 0.237. The Balaban J connectivity index is 1.83. The molecular formula is C12H13N5OS2. The molecule has 6 nitrogen and oxygen atoms in total. The molecule has 1 saturated heterocycles. The maximum atomic E-state index is 8.97. The minimum Gasteiger partial charge on any atom is -0.334 e. The van der Waals surface area contributed by atoms with Crippen LogP contribution in [0, 0.1) is 11.3 Å². The minimum atomic E-state index is 0.237. The van der Waals surface area contributed by atoms with Gasteiger partial charge in [-0.3, -0.25) is 5.10 Å². The summed E-state index contributed by atoms with van der Waals surface area (Å²) in [6.07, 6.45) is 1.53. The molecule has 0 spiro atoms. The molecule has 1 aliphatic rings. The molecule has 1 fully saturated rings. The Hall–Kier alpha value is -1.46. The van der Waals surface area contributed by atoms with Crippen LogP contribution in [0.1, 0.15) is 30.6 Å². The summed E-state index contributed by atoms with van der Waals surface area (Å²) in [5.41, 5.74) is 0.897. The second-order valence-electron chi connectivity index (χ2n) is 4.60. The summed E-state index contributed by atoms with van der Waals surface area (Å²) in [6.45, 7) is 4.46. The lowest BCUT2D eigenvalue weighted by Gasteiger charge is -2.29. The Kier molecular flexibility index (Phi) is 3.72.